The van der Waals surface area contributed by atoms with E-state index < -0.39 is 73.8 Å². The number of benzene rings is 1. The third-order valence-electron chi connectivity index (χ3n) is 3.66. The van der Waals surface area contributed by atoms with E-state index in [4.69, 9.17) is 13.3 Å². The van der Waals surface area contributed by atoms with Gasteiger partial charge >= 0.3 is 8.80 Å². The van der Waals surface area contributed by atoms with Crippen molar-refractivity contribution < 1.29 is 49.6 Å². The van der Waals surface area contributed by atoms with Crippen molar-refractivity contribution in [2.45, 2.75) is 52.5 Å². The Kier molecular flexibility index (Phi) is 8.73. The highest BCUT2D eigenvalue weighted by Gasteiger charge is 2.52. The molecule has 0 heterocycles. The minimum absolute atomic E-state index is 0.218. The van der Waals surface area contributed by atoms with Crippen LogP contribution in [0.15, 0.2) is 0 Å². The molecule has 6 nitrogen and oxygen atoms in total. The number of halogens is 5. The van der Waals surface area contributed by atoms with Gasteiger partial charge in [0, 0.05) is 24.8 Å². The summed E-state index contributed by atoms with van der Waals surface area (Å²) in [5.74, 6) is -13.7. The molecule has 1 rings (SSSR count). The fourth-order valence-corrected chi connectivity index (χ4v) is 4.56. The highest BCUT2D eigenvalue weighted by atomic mass is 28.4. The maximum absolute atomic E-state index is 13.9. The van der Waals surface area contributed by atoms with Gasteiger partial charge in [0.1, 0.15) is 0 Å². The Hall–Kier alpha value is -2.50. The van der Waals surface area contributed by atoms with E-state index in [9.17, 15) is 36.3 Å². The summed E-state index contributed by atoms with van der Waals surface area (Å²) in [6.07, 6.45) is -1.57. The topological polar surface area (TPSA) is 78.9 Å². The van der Waals surface area contributed by atoms with E-state index in [1.165, 1.54) is 20.8 Å². The molecule has 0 aliphatic rings. The van der Waals surface area contributed by atoms with E-state index in [0.717, 1.165) is 0 Å². The fourth-order valence-electron chi connectivity index (χ4n) is 2.10. The molecule has 29 heavy (non-hydrogen) atoms. The SMILES string of the molecule is CCC(=O)O[Si](CCc1c(F)c(F)c(F)c(F)c1F)(OC(=O)CC)OC(=O)CC. The molecular formula is C17H19F5O6Si. The summed E-state index contributed by atoms with van der Waals surface area (Å²) >= 11 is 0. The first-order valence-electron chi connectivity index (χ1n) is 8.67. The monoisotopic (exact) mass is 442 g/mol. The van der Waals surface area contributed by atoms with Crippen molar-refractivity contribution >= 4 is 26.7 Å². The van der Waals surface area contributed by atoms with E-state index in [0.29, 0.717) is 0 Å². The van der Waals surface area contributed by atoms with Crippen molar-refractivity contribution in [1.29, 1.82) is 0 Å². The van der Waals surface area contributed by atoms with Crippen LogP contribution in [0, 0.1) is 29.1 Å². The van der Waals surface area contributed by atoms with Gasteiger partial charge in [-0.1, -0.05) is 20.8 Å². The molecule has 0 unspecified atom stereocenters. The van der Waals surface area contributed by atoms with Crippen LogP contribution in [-0.2, 0) is 34.1 Å². The predicted octanol–water partition coefficient (Wildman–Crippen LogP) is 3.72. The Labute approximate surface area is 164 Å². The van der Waals surface area contributed by atoms with Crippen LogP contribution in [0.25, 0.3) is 0 Å². The molecule has 12 heteroatoms. The lowest BCUT2D eigenvalue weighted by Crippen LogP contribution is -2.50. The van der Waals surface area contributed by atoms with Crippen LogP contribution in [0.5, 0.6) is 0 Å². The minimum Gasteiger partial charge on any atom is -0.455 e. The standard InChI is InChI=1S/C17H19F5O6Si/c1-4-10(23)26-29(27-11(24)5-2,28-12(25)6-3)8-7-9-13(18)15(20)17(22)16(21)14(9)19/h4-8H2,1-3H3. The van der Waals surface area contributed by atoms with Crippen LogP contribution in [0.4, 0.5) is 22.0 Å². The molecule has 162 valence electrons. The summed E-state index contributed by atoms with van der Waals surface area (Å²) in [5.41, 5.74) is -1.22. The van der Waals surface area contributed by atoms with Gasteiger partial charge in [-0.15, -0.1) is 0 Å². The van der Waals surface area contributed by atoms with Crippen molar-refractivity contribution in [2.24, 2.45) is 0 Å². The number of carbonyl (C=O) groups is 3. The van der Waals surface area contributed by atoms with Gasteiger partial charge in [-0.25, -0.2) is 22.0 Å². The molecule has 0 saturated carbocycles. The summed E-state index contributed by atoms with van der Waals surface area (Å²) in [4.78, 5) is 35.3. The van der Waals surface area contributed by atoms with E-state index in [-0.39, 0.29) is 19.3 Å². The lowest BCUT2D eigenvalue weighted by atomic mass is 10.1. The first-order valence-corrected chi connectivity index (χ1v) is 10.6. The van der Waals surface area contributed by atoms with Gasteiger partial charge in [0.25, 0.3) is 17.9 Å². The first kappa shape index (κ1) is 24.5. The van der Waals surface area contributed by atoms with Crippen LogP contribution in [0.2, 0.25) is 6.04 Å². The zero-order valence-electron chi connectivity index (χ0n) is 15.9. The van der Waals surface area contributed by atoms with Gasteiger partial charge in [0.05, 0.1) is 6.04 Å². The average molecular weight is 442 g/mol. The van der Waals surface area contributed by atoms with Crippen molar-refractivity contribution in [3.05, 3.63) is 34.6 Å². The molecule has 0 saturated heterocycles. The predicted molar refractivity (Wildman–Crippen MR) is 89.6 cm³/mol. The Morgan fingerprint density at radius 1 is 0.655 bits per heavy atom. The second-order valence-corrected chi connectivity index (χ2v) is 8.19. The molecule has 1 aromatic rings. The summed E-state index contributed by atoms with van der Waals surface area (Å²) in [5, 5.41) is 0. The van der Waals surface area contributed by atoms with Crippen LogP contribution >= 0.6 is 0 Å². The summed E-state index contributed by atoms with van der Waals surface area (Å²) < 4.78 is 83.0. The van der Waals surface area contributed by atoms with Crippen molar-refractivity contribution in [2.75, 3.05) is 0 Å². The van der Waals surface area contributed by atoms with Gasteiger partial charge in [0.2, 0.25) is 5.82 Å². The van der Waals surface area contributed by atoms with Crippen LogP contribution < -0.4 is 0 Å². The number of carbonyl (C=O) groups excluding carboxylic acids is 3. The fraction of sp³-hybridized carbons (Fsp3) is 0.471. The zero-order chi connectivity index (χ0) is 22.4. The average Bonchev–Trinajstić information content (AvgIpc) is 2.70. The van der Waals surface area contributed by atoms with Gasteiger partial charge in [0.15, 0.2) is 23.3 Å². The summed E-state index contributed by atoms with van der Waals surface area (Å²) in [7, 11) is -4.55. The maximum Gasteiger partial charge on any atom is 0.705 e. The largest absolute Gasteiger partial charge is 0.705 e. The molecule has 0 aromatic heterocycles. The number of rotatable bonds is 9. The zero-order valence-corrected chi connectivity index (χ0v) is 16.9. The van der Waals surface area contributed by atoms with Crippen molar-refractivity contribution in [3.8, 4) is 0 Å². The third-order valence-corrected chi connectivity index (χ3v) is 6.13. The minimum atomic E-state index is -4.55. The van der Waals surface area contributed by atoms with Gasteiger partial charge in [-0.2, -0.15) is 0 Å². The first-order chi connectivity index (χ1) is 13.5. The highest BCUT2D eigenvalue weighted by Crippen LogP contribution is 2.28. The molecule has 0 spiro atoms. The lowest BCUT2D eigenvalue weighted by Gasteiger charge is -2.27. The highest BCUT2D eigenvalue weighted by molar-refractivity contribution is 6.65. The Morgan fingerprint density at radius 3 is 1.28 bits per heavy atom. The van der Waals surface area contributed by atoms with Crippen LogP contribution in [0.3, 0.4) is 0 Å². The number of hydrogen-bond donors (Lipinski definition) is 0. The Balaban J connectivity index is 3.37. The third kappa shape index (κ3) is 5.99. The lowest BCUT2D eigenvalue weighted by molar-refractivity contribution is -0.150. The molecule has 0 fully saturated rings. The molecule has 0 aliphatic heterocycles. The molecule has 0 N–H and O–H groups in total. The van der Waals surface area contributed by atoms with Crippen LogP contribution in [0.1, 0.15) is 45.6 Å². The number of hydrogen-bond acceptors (Lipinski definition) is 6. The van der Waals surface area contributed by atoms with Crippen molar-refractivity contribution in [3.63, 3.8) is 0 Å². The molecule has 1 aromatic carbocycles. The van der Waals surface area contributed by atoms with E-state index >= 15 is 0 Å². The molecular weight excluding hydrogens is 423 g/mol. The normalized spacial score (nSPS) is 11.2. The molecule has 0 amide bonds. The Morgan fingerprint density at radius 2 is 0.966 bits per heavy atom. The van der Waals surface area contributed by atoms with E-state index in [1.54, 1.807) is 0 Å². The van der Waals surface area contributed by atoms with E-state index in [2.05, 4.69) is 0 Å². The molecule has 0 aliphatic carbocycles. The molecule has 0 atom stereocenters. The van der Waals surface area contributed by atoms with Gasteiger partial charge in [-0.3, -0.25) is 14.4 Å². The Bertz CT molecular complexity index is 726. The second-order valence-electron chi connectivity index (χ2n) is 5.71. The second kappa shape index (κ2) is 10.3. The maximum atomic E-state index is 13.9. The summed E-state index contributed by atoms with van der Waals surface area (Å²) in [6.45, 7) is 4.15. The van der Waals surface area contributed by atoms with Crippen molar-refractivity contribution in [1.82, 2.24) is 0 Å². The summed E-state index contributed by atoms with van der Waals surface area (Å²) in [6, 6.07) is -0.769. The van der Waals surface area contributed by atoms with Gasteiger partial charge in [-0.05, 0) is 6.42 Å². The molecule has 0 bridgehead atoms. The quantitative estimate of drug-likeness (QED) is 0.251. The van der Waals surface area contributed by atoms with E-state index in [1.807, 2.05) is 0 Å². The van der Waals surface area contributed by atoms with Gasteiger partial charge < -0.3 is 13.3 Å². The van der Waals surface area contributed by atoms with Crippen LogP contribution in [-0.4, -0.2) is 26.7 Å². The smallest absolute Gasteiger partial charge is 0.455 e. The molecule has 0 radical (unpaired) electrons.